The van der Waals surface area contributed by atoms with Crippen LogP contribution in [0.5, 0.6) is 0 Å². The van der Waals surface area contributed by atoms with Crippen LogP contribution in [0.4, 0.5) is 19.1 Å². The highest BCUT2D eigenvalue weighted by molar-refractivity contribution is 9.10. The van der Waals surface area contributed by atoms with Gasteiger partial charge >= 0.3 is 6.18 Å². The number of hydrogen-bond donors (Lipinski definition) is 1. The molecule has 0 amide bonds. The van der Waals surface area contributed by atoms with E-state index in [2.05, 4.69) is 36.1 Å². The van der Waals surface area contributed by atoms with Crippen molar-refractivity contribution in [3.8, 4) is 5.69 Å². The summed E-state index contributed by atoms with van der Waals surface area (Å²) >= 11 is 3.03. The van der Waals surface area contributed by atoms with E-state index in [0.717, 1.165) is 36.8 Å². The molecule has 0 bridgehead atoms. The number of aromatic nitrogens is 5. The average Bonchev–Trinajstić information content (AvgIpc) is 3.23. The van der Waals surface area contributed by atoms with Gasteiger partial charge in [-0.1, -0.05) is 15.9 Å². The molecular weight excluding hydrogens is 417 g/mol. The third kappa shape index (κ3) is 2.96. The summed E-state index contributed by atoms with van der Waals surface area (Å²) in [6.07, 6.45) is -2.62. The van der Waals surface area contributed by atoms with Crippen LogP contribution in [0.25, 0.3) is 16.9 Å². The zero-order valence-corrected chi connectivity index (χ0v) is 14.8. The minimum absolute atomic E-state index is 0.00620. The number of hydrogen-bond acceptors (Lipinski definition) is 5. The maximum absolute atomic E-state index is 13.3. The number of halogens is 4. The molecule has 0 radical (unpaired) electrons. The number of fused-ring (bicyclic) bond motifs is 1. The van der Waals surface area contributed by atoms with E-state index in [1.807, 2.05) is 4.90 Å². The molecular formula is C15H12BrF3N6O. The molecule has 136 valence electrons. The van der Waals surface area contributed by atoms with Crippen molar-refractivity contribution in [3.05, 3.63) is 38.6 Å². The molecule has 7 nitrogen and oxygen atoms in total. The van der Waals surface area contributed by atoms with Crippen LogP contribution in [0, 0.1) is 0 Å². The van der Waals surface area contributed by atoms with Gasteiger partial charge in [0.25, 0.3) is 5.56 Å². The van der Waals surface area contributed by atoms with Crippen LogP contribution in [-0.2, 0) is 6.18 Å². The fourth-order valence-corrected chi connectivity index (χ4v) is 3.27. The van der Waals surface area contributed by atoms with Crippen molar-refractivity contribution in [2.75, 3.05) is 18.0 Å². The zero-order valence-electron chi connectivity index (χ0n) is 13.2. The highest BCUT2D eigenvalue weighted by Crippen LogP contribution is 2.35. The van der Waals surface area contributed by atoms with Crippen LogP contribution < -0.4 is 10.5 Å². The van der Waals surface area contributed by atoms with Crippen LogP contribution in [0.3, 0.4) is 0 Å². The molecule has 0 atom stereocenters. The maximum atomic E-state index is 13.3. The van der Waals surface area contributed by atoms with Gasteiger partial charge in [-0.05, 0) is 31.0 Å². The van der Waals surface area contributed by atoms with Gasteiger partial charge in [-0.25, -0.2) is 0 Å². The van der Waals surface area contributed by atoms with Crippen LogP contribution in [0.15, 0.2) is 27.5 Å². The lowest BCUT2D eigenvalue weighted by Gasteiger charge is -2.14. The Morgan fingerprint density at radius 3 is 2.58 bits per heavy atom. The molecule has 1 aromatic carbocycles. The molecule has 11 heteroatoms. The van der Waals surface area contributed by atoms with E-state index < -0.39 is 17.3 Å². The highest BCUT2D eigenvalue weighted by Gasteiger charge is 2.35. The Labute approximate surface area is 153 Å². The van der Waals surface area contributed by atoms with Crippen molar-refractivity contribution in [1.82, 2.24) is 25.0 Å². The van der Waals surface area contributed by atoms with E-state index in [9.17, 15) is 18.0 Å². The second-order valence-corrected chi connectivity index (χ2v) is 6.82. The number of nitrogens with zero attached hydrogens (tertiary/aromatic N) is 5. The Hall–Kier alpha value is -2.43. The predicted molar refractivity (Wildman–Crippen MR) is 91.4 cm³/mol. The number of aromatic amines is 1. The Morgan fingerprint density at radius 2 is 1.88 bits per heavy atom. The summed E-state index contributed by atoms with van der Waals surface area (Å²) in [7, 11) is 0. The van der Waals surface area contributed by atoms with E-state index >= 15 is 0 Å². The molecule has 26 heavy (non-hydrogen) atoms. The summed E-state index contributed by atoms with van der Waals surface area (Å²) in [4.78, 5) is 21.9. The van der Waals surface area contributed by atoms with Crippen molar-refractivity contribution >= 4 is 33.0 Å². The molecule has 4 rings (SSSR count). The molecule has 3 heterocycles. The highest BCUT2D eigenvalue weighted by atomic mass is 79.9. The first-order valence-electron chi connectivity index (χ1n) is 7.82. The Balaban J connectivity index is 1.86. The number of alkyl halides is 3. The molecule has 1 aliphatic rings. The first kappa shape index (κ1) is 17.0. The normalized spacial score (nSPS) is 15.2. The van der Waals surface area contributed by atoms with Gasteiger partial charge in [0.1, 0.15) is 0 Å². The van der Waals surface area contributed by atoms with Gasteiger partial charge in [0, 0.05) is 17.6 Å². The van der Waals surface area contributed by atoms with Gasteiger partial charge in [-0.15, -0.1) is 15.0 Å². The summed E-state index contributed by atoms with van der Waals surface area (Å²) in [5.41, 5.74) is -1.83. The van der Waals surface area contributed by atoms with Crippen molar-refractivity contribution in [1.29, 1.82) is 0 Å². The lowest BCUT2D eigenvalue weighted by molar-refractivity contribution is -0.137. The summed E-state index contributed by atoms with van der Waals surface area (Å²) in [6, 6.07) is 3.63. The standard InChI is InChI=1S/C15H12BrF3N6O/c16-8-3-4-10(9(7-8)15(17,18)19)25-22-11-12(23-25)20-14(21-13(11)26)24-5-1-2-6-24/h3-4,7H,1-2,5-6H2,(H,20,21,23,26). The third-order valence-electron chi connectivity index (χ3n) is 4.13. The number of nitrogens with one attached hydrogen (secondary N) is 1. The predicted octanol–water partition coefficient (Wildman–Crippen LogP) is 2.89. The molecule has 0 spiro atoms. The molecule has 0 unspecified atom stereocenters. The SMILES string of the molecule is O=c1[nH]c(N2CCCC2)nc2nn(-c3ccc(Br)cc3C(F)(F)F)nc12. The van der Waals surface area contributed by atoms with Crippen LogP contribution in [0.1, 0.15) is 18.4 Å². The Morgan fingerprint density at radius 1 is 1.15 bits per heavy atom. The minimum Gasteiger partial charge on any atom is -0.342 e. The van der Waals surface area contributed by atoms with Gasteiger partial charge in [0.05, 0.1) is 11.3 Å². The second kappa shape index (κ2) is 6.08. The summed E-state index contributed by atoms with van der Waals surface area (Å²) in [6.45, 7) is 1.51. The second-order valence-electron chi connectivity index (χ2n) is 5.90. The van der Waals surface area contributed by atoms with Crippen molar-refractivity contribution in [2.45, 2.75) is 19.0 Å². The lowest BCUT2D eigenvalue weighted by atomic mass is 10.2. The molecule has 0 saturated carbocycles. The van der Waals surface area contributed by atoms with Gasteiger partial charge in [-0.3, -0.25) is 9.78 Å². The summed E-state index contributed by atoms with van der Waals surface area (Å²) in [5.74, 6) is 0.360. The van der Waals surface area contributed by atoms with Gasteiger partial charge in [-0.2, -0.15) is 18.2 Å². The largest absolute Gasteiger partial charge is 0.418 e. The van der Waals surface area contributed by atoms with Gasteiger partial charge < -0.3 is 4.90 Å². The zero-order chi connectivity index (χ0) is 18.5. The van der Waals surface area contributed by atoms with E-state index in [1.165, 1.54) is 12.1 Å². The molecule has 1 N–H and O–H groups in total. The Bertz CT molecular complexity index is 1040. The number of anilines is 1. The topological polar surface area (TPSA) is 79.7 Å². The molecule has 3 aromatic rings. The first-order valence-corrected chi connectivity index (χ1v) is 8.62. The quantitative estimate of drug-likeness (QED) is 0.678. The average molecular weight is 429 g/mol. The molecule has 1 aliphatic heterocycles. The lowest BCUT2D eigenvalue weighted by Crippen LogP contribution is -2.23. The number of H-pyrrole nitrogens is 1. The molecule has 1 saturated heterocycles. The molecule has 2 aromatic heterocycles. The van der Waals surface area contributed by atoms with Crippen LogP contribution in [-0.4, -0.2) is 38.1 Å². The smallest absolute Gasteiger partial charge is 0.342 e. The van der Waals surface area contributed by atoms with E-state index in [-0.39, 0.29) is 21.3 Å². The summed E-state index contributed by atoms with van der Waals surface area (Å²) in [5, 5.41) is 7.93. The third-order valence-corrected chi connectivity index (χ3v) is 4.63. The van der Waals surface area contributed by atoms with Crippen molar-refractivity contribution in [2.24, 2.45) is 0 Å². The molecule has 1 fully saturated rings. The van der Waals surface area contributed by atoms with E-state index in [4.69, 9.17) is 0 Å². The van der Waals surface area contributed by atoms with Crippen LogP contribution >= 0.6 is 15.9 Å². The number of benzene rings is 1. The van der Waals surface area contributed by atoms with E-state index in [1.54, 1.807) is 0 Å². The summed E-state index contributed by atoms with van der Waals surface area (Å²) < 4.78 is 40.3. The monoisotopic (exact) mass is 428 g/mol. The minimum atomic E-state index is -4.60. The Kier molecular flexibility index (Phi) is 3.98. The maximum Gasteiger partial charge on any atom is 0.418 e. The van der Waals surface area contributed by atoms with Crippen molar-refractivity contribution < 1.29 is 13.2 Å². The number of rotatable bonds is 2. The fraction of sp³-hybridized carbons (Fsp3) is 0.333. The van der Waals surface area contributed by atoms with Crippen LogP contribution in [0.2, 0.25) is 0 Å². The first-order chi connectivity index (χ1) is 12.3. The fourth-order valence-electron chi connectivity index (χ4n) is 2.91. The van der Waals surface area contributed by atoms with Gasteiger partial charge in [0.15, 0.2) is 5.52 Å². The van der Waals surface area contributed by atoms with Gasteiger partial charge in [0.2, 0.25) is 11.6 Å². The molecule has 0 aliphatic carbocycles. The van der Waals surface area contributed by atoms with Crippen molar-refractivity contribution in [3.63, 3.8) is 0 Å². The van der Waals surface area contributed by atoms with E-state index in [0.29, 0.717) is 5.95 Å².